The van der Waals surface area contributed by atoms with Crippen molar-refractivity contribution >= 4 is 6.09 Å². The van der Waals surface area contributed by atoms with Gasteiger partial charge >= 0.3 is 6.09 Å². The molecule has 1 amide bonds. The summed E-state index contributed by atoms with van der Waals surface area (Å²) in [7, 11) is 0. The van der Waals surface area contributed by atoms with Crippen LogP contribution in [0.15, 0.2) is 54.6 Å². The monoisotopic (exact) mass is 487 g/mol. The SMILES string of the molecule is Cc1c(COc2ccc3c(c2)CN(C(=O)OC(C)(C)C)CC3)cccc1-c1ccc2c(c1)OCCO2. The van der Waals surface area contributed by atoms with Crippen LogP contribution in [0.2, 0.25) is 0 Å². The number of hydrogen-bond acceptors (Lipinski definition) is 5. The van der Waals surface area contributed by atoms with Crippen molar-refractivity contribution in [3.05, 3.63) is 76.9 Å². The van der Waals surface area contributed by atoms with Crippen LogP contribution >= 0.6 is 0 Å². The zero-order valence-corrected chi connectivity index (χ0v) is 21.4. The Balaban J connectivity index is 1.29. The largest absolute Gasteiger partial charge is 0.489 e. The fraction of sp³-hybridized carbons (Fsp3) is 0.367. The van der Waals surface area contributed by atoms with Crippen LogP contribution in [0.5, 0.6) is 17.2 Å². The molecule has 188 valence electrons. The molecule has 5 rings (SSSR count). The third kappa shape index (κ3) is 5.27. The van der Waals surface area contributed by atoms with Crippen LogP contribution in [0.4, 0.5) is 4.79 Å². The fourth-order valence-corrected chi connectivity index (χ4v) is 4.63. The van der Waals surface area contributed by atoms with Crippen molar-refractivity contribution in [2.24, 2.45) is 0 Å². The third-order valence-electron chi connectivity index (χ3n) is 6.54. The van der Waals surface area contributed by atoms with E-state index in [-0.39, 0.29) is 6.09 Å². The topological polar surface area (TPSA) is 57.2 Å². The average Bonchev–Trinajstić information content (AvgIpc) is 2.86. The van der Waals surface area contributed by atoms with Gasteiger partial charge in [-0.2, -0.15) is 0 Å². The van der Waals surface area contributed by atoms with Gasteiger partial charge in [0.05, 0.1) is 0 Å². The zero-order chi connectivity index (χ0) is 25.3. The van der Waals surface area contributed by atoms with Crippen LogP contribution in [0, 0.1) is 6.92 Å². The van der Waals surface area contributed by atoms with Gasteiger partial charge in [-0.15, -0.1) is 0 Å². The fourth-order valence-electron chi connectivity index (χ4n) is 4.63. The molecular weight excluding hydrogens is 454 g/mol. The molecule has 0 atom stereocenters. The van der Waals surface area contributed by atoms with E-state index in [1.807, 2.05) is 45.0 Å². The normalized spacial score (nSPS) is 14.7. The van der Waals surface area contributed by atoms with E-state index >= 15 is 0 Å². The summed E-state index contributed by atoms with van der Waals surface area (Å²) in [5, 5.41) is 0. The first-order chi connectivity index (χ1) is 17.3. The molecule has 2 heterocycles. The van der Waals surface area contributed by atoms with Crippen molar-refractivity contribution in [3.8, 4) is 28.4 Å². The molecule has 6 heteroatoms. The Hall–Kier alpha value is -3.67. The summed E-state index contributed by atoms with van der Waals surface area (Å²) >= 11 is 0. The molecule has 2 aliphatic heterocycles. The summed E-state index contributed by atoms with van der Waals surface area (Å²) in [4.78, 5) is 14.3. The molecule has 3 aromatic carbocycles. The summed E-state index contributed by atoms with van der Waals surface area (Å²) in [5.41, 5.74) is 6.37. The van der Waals surface area contributed by atoms with Gasteiger partial charge in [0.2, 0.25) is 0 Å². The molecular formula is C30H33NO5. The Morgan fingerprint density at radius 2 is 1.78 bits per heavy atom. The molecule has 0 aromatic heterocycles. The number of amides is 1. The molecule has 0 aliphatic carbocycles. The smallest absolute Gasteiger partial charge is 0.410 e. The van der Waals surface area contributed by atoms with E-state index in [1.54, 1.807) is 4.90 Å². The van der Waals surface area contributed by atoms with Gasteiger partial charge in [-0.05, 0) is 91.8 Å². The first kappa shape index (κ1) is 24.0. The Labute approximate surface area is 212 Å². The summed E-state index contributed by atoms with van der Waals surface area (Å²) in [6.45, 7) is 10.6. The van der Waals surface area contributed by atoms with E-state index in [1.165, 1.54) is 11.1 Å². The number of carbonyl (C=O) groups excluding carboxylic acids is 1. The van der Waals surface area contributed by atoms with Gasteiger partial charge < -0.3 is 23.8 Å². The quantitative estimate of drug-likeness (QED) is 0.432. The van der Waals surface area contributed by atoms with Gasteiger partial charge in [0, 0.05) is 13.1 Å². The standard InChI is InChI=1S/C30H33NO5/c1-20-23(6-5-7-26(20)22-9-11-27-28(17-22)34-15-14-33-27)19-35-25-10-8-21-12-13-31(18-24(21)16-25)29(32)36-30(2,3)4/h5-11,16-17H,12-15,18-19H2,1-4H3. The number of hydrogen-bond donors (Lipinski definition) is 0. The van der Waals surface area contributed by atoms with E-state index in [0.717, 1.165) is 45.9 Å². The summed E-state index contributed by atoms with van der Waals surface area (Å²) in [6.07, 6.45) is 0.539. The van der Waals surface area contributed by atoms with Crippen molar-refractivity contribution in [2.45, 2.75) is 52.9 Å². The van der Waals surface area contributed by atoms with Gasteiger partial charge in [0.1, 0.15) is 31.2 Å². The number of rotatable bonds is 4. The minimum absolute atomic E-state index is 0.272. The van der Waals surface area contributed by atoms with Crippen molar-refractivity contribution in [3.63, 3.8) is 0 Å². The molecule has 0 fully saturated rings. The van der Waals surface area contributed by atoms with Gasteiger partial charge in [0.15, 0.2) is 11.5 Å². The minimum Gasteiger partial charge on any atom is -0.489 e. The number of fused-ring (bicyclic) bond motifs is 2. The number of nitrogens with zero attached hydrogens (tertiary/aromatic N) is 1. The lowest BCUT2D eigenvalue weighted by atomic mass is 9.96. The summed E-state index contributed by atoms with van der Waals surface area (Å²) < 4.78 is 23.2. The first-order valence-electron chi connectivity index (χ1n) is 12.5. The van der Waals surface area contributed by atoms with Crippen LogP contribution in [-0.2, 0) is 24.3 Å². The van der Waals surface area contributed by atoms with Crippen LogP contribution in [-0.4, -0.2) is 36.4 Å². The Kier molecular flexibility index (Phi) is 6.52. The number of ether oxygens (including phenoxy) is 4. The number of benzene rings is 3. The molecule has 36 heavy (non-hydrogen) atoms. The van der Waals surface area contributed by atoms with E-state index < -0.39 is 5.60 Å². The molecule has 3 aromatic rings. The summed E-state index contributed by atoms with van der Waals surface area (Å²) in [5.74, 6) is 2.37. The van der Waals surface area contributed by atoms with Crippen LogP contribution < -0.4 is 14.2 Å². The maximum atomic E-state index is 12.5. The second-order valence-corrected chi connectivity index (χ2v) is 10.3. The van der Waals surface area contributed by atoms with Crippen molar-refractivity contribution in [2.75, 3.05) is 19.8 Å². The zero-order valence-electron chi connectivity index (χ0n) is 21.4. The molecule has 6 nitrogen and oxygen atoms in total. The molecule has 0 saturated carbocycles. The maximum Gasteiger partial charge on any atom is 0.410 e. The minimum atomic E-state index is -0.505. The predicted molar refractivity (Wildman–Crippen MR) is 139 cm³/mol. The lowest BCUT2D eigenvalue weighted by Gasteiger charge is -2.31. The second-order valence-electron chi connectivity index (χ2n) is 10.3. The average molecular weight is 488 g/mol. The van der Waals surface area contributed by atoms with E-state index in [9.17, 15) is 4.79 Å². The molecule has 0 N–H and O–H groups in total. The van der Waals surface area contributed by atoms with Crippen LogP contribution in [0.1, 0.15) is 43.0 Å². The Morgan fingerprint density at radius 1 is 0.972 bits per heavy atom. The van der Waals surface area contributed by atoms with Crippen LogP contribution in [0.3, 0.4) is 0 Å². The van der Waals surface area contributed by atoms with E-state index in [0.29, 0.717) is 32.9 Å². The van der Waals surface area contributed by atoms with Gasteiger partial charge in [-0.3, -0.25) is 0 Å². The highest BCUT2D eigenvalue weighted by Crippen LogP contribution is 2.36. The molecule has 0 bridgehead atoms. The van der Waals surface area contributed by atoms with Gasteiger partial charge in [0.25, 0.3) is 0 Å². The van der Waals surface area contributed by atoms with Crippen LogP contribution in [0.25, 0.3) is 11.1 Å². The van der Waals surface area contributed by atoms with Gasteiger partial charge in [-0.25, -0.2) is 4.79 Å². The Bertz CT molecular complexity index is 1280. The predicted octanol–water partition coefficient (Wildman–Crippen LogP) is 6.31. The molecule has 2 aliphatic rings. The third-order valence-corrected chi connectivity index (χ3v) is 6.54. The highest BCUT2D eigenvalue weighted by atomic mass is 16.6. The number of carbonyl (C=O) groups is 1. The molecule has 0 radical (unpaired) electrons. The highest BCUT2D eigenvalue weighted by molar-refractivity contribution is 5.71. The molecule has 0 unspecified atom stereocenters. The van der Waals surface area contributed by atoms with Crippen molar-refractivity contribution in [1.29, 1.82) is 0 Å². The van der Waals surface area contributed by atoms with Crippen molar-refractivity contribution in [1.82, 2.24) is 4.90 Å². The lowest BCUT2D eigenvalue weighted by molar-refractivity contribution is 0.0223. The molecule has 0 spiro atoms. The second kappa shape index (κ2) is 9.76. The van der Waals surface area contributed by atoms with Crippen molar-refractivity contribution < 1.29 is 23.7 Å². The maximum absolute atomic E-state index is 12.5. The van der Waals surface area contributed by atoms with E-state index in [4.69, 9.17) is 18.9 Å². The lowest BCUT2D eigenvalue weighted by Crippen LogP contribution is -2.39. The Morgan fingerprint density at radius 3 is 2.58 bits per heavy atom. The highest BCUT2D eigenvalue weighted by Gasteiger charge is 2.26. The molecule has 0 saturated heterocycles. The first-order valence-corrected chi connectivity index (χ1v) is 12.5. The van der Waals surface area contributed by atoms with Gasteiger partial charge in [-0.1, -0.05) is 30.3 Å². The van der Waals surface area contributed by atoms with E-state index in [2.05, 4.69) is 37.3 Å². The summed E-state index contributed by atoms with van der Waals surface area (Å²) in [6, 6.07) is 18.5.